The van der Waals surface area contributed by atoms with Crippen molar-refractivity contribution >= 4 is 23.4 Å². The number of rotatable bonds is 6. The Morgan fingerprint density at radius 3 is 2.78 bits per heavy atom. The molecule has 1 aromatic carbocycles. The van der Waals surface area contributed by atoms with Crippen LogP contribution in [-0.2, 0) is 0 Å². The van der Waals surface area contributed by atoms with Crippen molar-refractivity contribution in [3.63, 3.8) is 0 Å². The molecule has 3 rings (SSSR count). The molecule has 0 saturated carbocycles. The number of thioether (sulfide) groups is 1. The number of aliphatic hydroxyl groups is 1. The zero-order valence-corrected chi connectivity index (χ0v) is 13.9. The van der Waals surface area contributed by atoms with E-state index >= 15 is 0 Å². The summed E-state index contributed by atoms with van der Waals surface area (Å²) in [4.78, 5) is 8.76. The highest BCUT2D eigenvalue weighted by Crippen LogP contribution is 2.23. The van der Waals surface area contributed by atoms with Gasteiger partial charge < -0.3 is 10.4 Å². The second-order valence-corrected chi connectivity index (χ2v) is 6.33. The van der Waals surface area contributed by atoms with Gasteiger partial charge in [-0.1, -0.05) is 30.3 Å². The lowest BCUT2D eigenvalue weighted by molar-refractivity contribution is 0.288. The summed E-state index contributed by atoms with van der Waals surface area (Å²) in [6.45, 7) is 2.16. The SMILES string of the molecule is CS[C@@H](CO)[C@@H](C)Nc1cc(-c2ccccc2)nc2ncnn12. The van der Waals surface area contributed by atoms with Gasteiger partial charge in [-0.25, -0.2) is 4.98 Å². The van der Waals surface area contributed by atoms with Crippen molar-refractivity contribution in [3.8, 4) is 11.3 Å². The number of hydrogen-bond donors (Lipinski definition) is 2. The molecular formula is C16H19N5OS. The number of fused-ring (bicyclic) bond motifs is 1. The molecule has 0 saturated heterocycles. The summed E-state index contributed by atoms with van der Waals surface area (Å²) in [5.74, 6) is 1.36. The fourth-order valence-corrected chi connectivity index (χ4v) is 3.06. The lowest BCUT2D eigenvalue weighted by Crippen LogP contribution is -2.31. The Bertz CT molecular complexity index is 772. The zero-order valence-electron chi connectivity index (χ0n) is 13.0. The van der Waals surface area contributed by atoms with Gasteiger partial charge in [0, 0.05) is 22.9 Å². The Morgan fingerprint density at radius 1 is 1.30 bits per heavy atom. The number of anilines is 1. The minimum Gasteiger partial charge on any atom is -0.395 e. The van der Waals surface area contributed by atoms with Crippen LogP contribution >= 0.6 is 11.8 Å². The van der Waals surface area contributed by atoms with Gasteiger partial charge in [-0.05, 0) is 13.2 Å². The van der Waals surface area contributed by atoms with E-state index in [1.807, 2.05) is 49.6 Å². The molecular weight excluding hydrogens is 310 g/mol. The van der Waals surface area contributed by atoms with Crippen LogP contribution < -0.4 is 5.32 Å². The summed E-state index contributed by atoms with van der Waals surface area (Å²) in [6, 6.07) is 12.0. The lowest BCUT2D eigenvalue weighted by Gasteiger charge is -2.22. The average molecular weight is 329 g/mol. The summed E-state index contributed by atoms with van der Waals surface area (Å²) >= 11 is 1.63. The third-order valence-corrected chi connectivity index (χ3v) is 4.90. The average Bonchev–Trinajstić information content (AvgIpc) is 3.05. The summed E-state index contributed by atoms with van der Waals surface area (Å²) in [5.41, 5.74) is 1.86. The van der Waals surface area contributed by atoms with Crippen LogP contribution in [-0.4, -0.2) is 48.8 Å². The second kappa shape index (κ2) is 6.97. The van der Waals surface area contributed by atoms with Crippen LogP contribution in [0.1, 0.15) is 6.92 Å². The minimum absolute atomic E-state index is 0.0772. The number of nitrogens with one attached hydrogen (secondary N) is 1. The topological polar surface area (TPSA) is 75.3 Å². The van der Waals surface area contributed by atoms with Gasteiger partial charge in [0.05, 0.1) is 12.3 Å². The van der Waals surface area contributed by atoms with Gasteiger partial charge in [0.15, 0.2) is 0 Å². The highest BCUT2D eigenvalue weighted by Gasteiger charge is 2.17. The van der Waals surface area contributed by atoms with E-state index in [9.17, 15) is 5.11 Å². The summed E-state index contributed by atoms with van der Waals surface area (Å²) in [5, 5.41) is 17.2. The first-order valence-corrected chi connectivity index (χ1v) is 8.68. The molecule has 23 heavy (non-hydrogen) atoms. The smallest absolute Gasteiger partial charge is 0.254 e. The largest absolute Gasteiger partial charge is 0.395 e. The summed E-state index contributed by atoms with van der Waals surface area (Å²) < 4.78 is 1.68. The first kappa shape index (κ1) is 15.8. The van der Waals surface area contributed by atoms with E-state index in [0.29, 0.717) is 5.78 Å². The Balaban J connectivity index is 2.00. The van der Waals surface area contributed by atoms with Crippen LogP contribution in [0.15, 0.2) is 42.7 Å². The molecule has 0 aliphatic heterocycles. The van der Waals surface area contributed by atoms with Crippen LogP contribution in [0, 0.1) is 0 Å². The molecule has 0 radical (unpaired) electrons. The predicted octanol–water partition coefficient (Wildman–Crippen LogP) is 2.32. The van der Waals surface area contributed by atoms with Crippen molar-refractivity contribution < 1.29 is 5.11 Å². The fourth-order valence-electron chi connectivity index (χ4n) is 2.43. The Hall–Kier alpha value is -2.12. The molecule has 0 aliphatic rings. The quantitative estimate of drug-likeness (QED) is 0.723. The molecule has 2 N–H and O–H groups in total. The van der Waals surface area contributed by atoms with Crippen molar-refractivity contribution in [2.75, 3.05) is 18.2 Å². The standard InChI is InChI=1S/C16H19N5OS/c1-11(14(9-22)23-2)19-15-8-13(12-6-4-3-5-7-12)20-16-17-10-18-21(15)16/h3-8,10-11,14,19,22H,9H2,1-2H3/t11-,14+/m1/s1. The third kappa shape index (κ3) is 3.30. The molecule has 0 amide bonds. The molecule has 6 nitrogen and oxygen atoms in total. The van der Waals surface area contributed by atoms with Crippen LogP contribution in [0.3, 0.4) is 0 Å². The van der Waals surface area contributed by atoms with Crippen LogP contribution in [0.4, 0.5) is 5.82 Å². The highest BCUT2D eigenvalue weighted by molar-refractivity contribution is 7.99. The molecule has 3 aromatic rings. The molecule has 0 fully saturated rings. The van der Waals surface area contributed by atoms with E-state index < -0.39 is 0 Å². The van der Waals surface area contributed by atoms with E-state index in [4.69, 9.17) is 0 Å². The summed E-state index contributed by atoms with van der Waals surface area (Å²) in [7, 11) is 0. The second-order valence-electron chi connectivity index (χ2n) is 5.25. The molecule has 0 unspecified atom stereocenters. The van der Waals surface area contributed by atoms with Crippen molar-refractivity contribution in [1.82, 2.24) is 19.6 Å². The molecule has 0 bridgehead atoms. The number of aromatic nitrogens is 4. The first-order chi connectivity index (χ1) is 11.2. The zero-order chi connectivity index (χ0) is 16.2. The number of benzene rings is 1. The molecule has 0 spiro atoms. The van der Waals surface area contributed by atoms with E-state index in [1.165, 1.54) is 6.33 Å². The van der Waals surface area contributed by atoms with Gasteiger partial charge in [-0.3, -0.25) is 0 Å². The number of hydrogen-bond acceptors (Lipinski definition) is 6. The van der Waals surface area contributed by atoms with Crippen molar-refractivity contribution in [1.29, 1.82) is 0 Å². The molecule has 120 valence electrons. The van der Waals surface area contributed by atoms with Crippen molar-refractivity contribution in [2.24, 2.45) is 0 Å². The monoisotopic (exact) mass is 329 g/mol. The van der Waals surface area contributed by atoms with Crippen LogP contribution in [0.2, 0.25) is 0 Å². The van der Waals surface area contributed by atoms with Crippen LogP contribution in [0.5, 0.6) is 0 Å². The van der Waals surface area contributed by atoms with Gasteiger partial charge in [0.2, 0.25) is 0 Å². The number of nitrogens with zero attached hydrogens (tertiary/aromatic N) is 4. The van der Waals surface area contributed by atoms with E-state index in [0.717, 1.165) is 17.1 Å². The maximum Gasteiger partial charge on any atom is 0.254 e. The van der Waals surface area contributed by atoms with Gasteiger partial charge >= 0.3 is 0 Å². The fraction of sp³-hybridized carbons (Fsp3) is 0.312. The van der Waals surface area contributed by atoms with Gasteiger partial charge in [-0.15, -0.1) is 0 Å². The molecule has 2 atom stereocenters. The third-order valence-electron chi connectivity index (χ3n) is 3.74. The Kier molecular flexibility index (Phi) is 4.78. The lowest BCUT2D eigenvalue weighted by atomic mass is 10.1. The van der Waals surface area contributed by atoms with Crippen molar-refractivity contribution in [3.05, 3.63) is 42.7 Å². The highest BCUT2D eigenvalue weighted by atomic mass is 32.2. The summed E-state index contributed by atoms with van der Waals surface area (Å²) in [6.07, 6.45) is 3.48. The van der Waals surface area contributed by atoms with Crippen LogP contribution in [0.25, 0.3) is 17.0 Å². The van der Waals surface area contributed by atoms with E-state index in [-0.39, 0.29) is 17.9 Å². The molecule has 0 aliphatic carbocycles. The maximum absolute atomic E-state index is 9.47. The Morgan fingerprint density at radius 2 is 2.09 bits per heavy atom. The molecule has 2 aromatic heterocycles. The normalized spacial score (nSPS) is 13.9. The predicted molar refractivity (Wildman–Crippen MR) is 93.7 cm³/mol. The number of aliphatic hydroxyl groups excluding tert-OH is 1. The van der Waals surface area contributed by atoms with Gasteiger partial charge in [0.25, 0.3) is 5.78 Å². The Labute approximate surface area is 139 Å². The minimum atomic E-state index is 0.0772. The molecule has 7 heteroatoms. The van der Waals surface area contributed by atoms with E-state index in [1.54, 1.807) is 16.3 Å². The first-order valence-electron chi connectivity index (χ1n) is 7.39. The maximum atomic E-state index is 9.47. The van der Waals surface area contributed by atoms with Crippen molar-refractivity contribution in [2.45, 2.75) is 18.2 Å². The van der Waals surface area contributed by atoms with Gasteiger partial charge in [0.1, 0.15) is 12.1 Å². The molecule has 2 heterocycles. The van der Waals surface area contributed by atoms with Gasteiger partial charge in [-0.2, -0.15) is 26.4 Å². The van der Waals surface area contributed by atoms with E-state index in [2.05, 4.69) is 20.4 Å².